The largest absolute Gasteiger partial charge is 0.383 e. The van der Waals surface area contributed by atoms with Crippen molar-refractivity contribution in [1.29, 1.82) is 0 Å². The van der Waals surface area contributed by atoms with Gasteiger partial charge in [0.2, 0.25) is 0 Å². The highest BCUT2D eigenvalue weighted by atomic mass is 16.6. The first-order valence-electron chi connectivity index (χ1n) is 8.99. The summed E-state index contributed by atoms with van der Waals surface area (Å²) in [6.45, 7) is 15.7. The van der Waals surface area contributed by atoms with Crippen molar-refractivity contribution in [3.63, 3.8) is 0 Å². The molecule has 0 aromatic carbocycles. The first-order valence-corrected chi connectivity index (χ1v) is 8.99. The summed E-state index contributed by atoms with van der Waals surface area (Å²) in [5.41, 5.74) is 5.86. The Labute approximate surface area is 149 Å². The molecule has 6 nitrogen and oxygen atoms in total. The van der Waals surface area contributed by atoms with Crippen molar-refractivity contribution in [3.05, 3.63) is 22.2 Å². The number of rotatable bonds is 2. The molecule has 2 aliphatic heterocycles. The van der Waals surface area contributed by atoms with Crippen molar-refractivity contribution in [2.75, 3.05) is 12.3 Å². The fraction of sp³-hybridized carbons (Fsp3) is 0.789. The van der Waals surface area contributed by atoms with Gasteiger partial charge in [-0.25, -0.2) is 4.79 Å². The molecule has 2 saturated heterocycles. The van der Waals surface area contributed by atoms with E-state index >= 15 is 0 Å². The Balaban J connectivity index is 2.06. The van der Waals surface area contributed by atoms with E-state index in [0.29, 0.717) is 6.61 Å². The summed E-state index contributed by atoms with van der Waals surface area (Å²) in [5.74, 6) is 0.469. The van der Waals surface area contributed by atoms with Crippen molar-refractivity contribution in [2.45, 2.75) is 72.8 Å². The molecular weight excluding hydrogens is 318 g/mol. The Morgan fingerprint density at radius 1 is 1.32 bits per heavy atom. The maximum atomic E-state index is 12.4. The number of anilines is 1. The molecule has 0 saturated carbocycles. The SMILES string of the molecule is Cc1cn([C@@H]2O[C@@]3(CC(C)(C)C)CO[C@H]2C3C(C)(C)C)c(=O)nc1N. The van der Waals surface area contributed by atoms with Crippen LogP contribution in [-0.2, 0) is 9.47 Å². The van der Waals surface area contributed by atoms with Crippen molar-refractivity contribution in [2.24, 2.45) is 16.7 Å². The summed E-state index contributed by atoms with van der Waals surface area (Å²) in [6, 6.07) is 0. The number of hydrogen-bond acceptors (Lipinski definition) is 5. The molecule has 2 bridgehead atoms. The van der Waals surface area contributed by atoms with E-state index in [9.17, 15) is 4.79 Å². The van der Waals surface area contributed by atoms with Crippen molar-refractivity contribution >= 4 is 5.82 Å². The summed E-state index contributed by atoms with van der Waals surface area (Å²) in [5, 5.41) is 0. The molecule has 3 heterocycles. The summed E-state index contributed by atoms with van der Waals surface area (Å²) < 4.78 is 14.3. The zero-order valence-corrected chi connectivity index (χ0v) is 16.4. The summed E-state index contributed by atoms with van der Waals surface area (Å²) in [7, 11) is 0. The Bertz CT molecular complexity index is 729. The molecule has 140 valence electrons. The quantitative estimate of drug-likeness (QED) is 0.888. The highest BCUT2D eigenvalue weighted by Crippen LogP contribution is 2.58. The molecule has 6 heteroatoms. The number of nitrogens with zero attached hydrogens (tertiary/aromatic N) is 2. The van der Waals surface area contributed by atoms with Crippen LogP contribution in [0.15, 0.2) is 11.0 Å². The van der Waals surface area contributed by atoms with E-state index in [1.807, 2.05) is 6.92 Å². The lowest BCUT2D eigenvalue weighted by molar-refractivity contribution is -0.184. The van der Waals surface area contributed by atoms with Gasteiger partial charge in [-0.3, -0.25) is 4.57 Å². The van der Waals surface area contributed by atoms with Crippen LogP contribution in [0.25, 0.3) is 0 Å². The fourth-order valence-corrected chi connectivity index (χ4v) is 4.74. The van der Waals surface area contributed by atoms with E-state index in [0.717, 1.165) is 12.0 Å². The normalized spacial score (nSPS) is 32.4. The molecule has 0 radical (unpaired) electrons. The lowest BCUT2D eigenvalue weighted by Gasteiger charge is -2.40. The third-order valence-corrected chi connectivity index (χ3v) is 5.26. The zero-order chi connectivity index (χ0) is 18.8. The van der Waals surface area contributed by atoms with Gasteiger partial charge in [0.05, 0.1) is 6.61 Å². The molecular formula is C19H31N3O3. The molecule has 3 rings (SSSR count). The van der Waals surface area contributed by atoms with Crippen LogP contribution in [0.5, 0.6) is 0 Å². The predicted octanol–water partition coefficient (Wildman–Crippen LogP) is 2.90. The number of fused-ring (bicyclic) bond motifs is 2. The van der Waals surface area contributed by atoms with Crippen molar-refractivity contribution in [3.8, 4) is 0 Å². The van der Waals surface area contributed by atoms with Crippen LogP contribution in [0, 0.1) is 23.7 Å². The molecule has 0 aliphatic carbocycles. The molecule has 2 aliphatic rings. The molecule has 0 amide bonds. The highest BCUT2D eigenvalue weighted by molar-refractivity contribution is 5.35. The summed E-state index contributed by atoms with van der Waals surface area (Å²) in [4.78, 5) is 16.4. The fourth-order valence-electron chi connectivity index (χ4n) is 4.74. The van der Waals surface area contributed by atoms with Gasteiger partial charge in [-0.1, -0.05) is 41.5 Å². The monoisotopic (exact) mass is 349 g/mol. The highest BCUT2D eigenvalue weighted by Gasteiger charge is 2.65. The predicted molar refractivity (Wildman–Crippen MR) is 97.3 cm³/mol. The zero-order valence-electron chi connectivity index (χ0n) is 16.4. The van der Waals surface area contributed by atoms with E-state index < -0.39 is 6.23 Å². The Kier molecular flexibility index (Phi) is 4.08. The van der Waals surface area contributed by atoms with E-state index in [2.05, 4.69) is 46.5 Å². The van der Waals surface area contributed by atoms with Gasteiger partial charge in [0.25, 0.3) is 0 Å². The molecule has 1 aromatic heterocycles. The third-order valence-electron chi connectivity index (χ3n) is 5.26. The third kappa shape index (κ3) is 3.10. The first-order chi connectivity index (χ1) is 11.3. The van der Waals surface area contributed by atoms with Gasteiger partial charge in [-0.05, 0) is 24.2 Å². The second-order valence-electron chi connectivity index (χ2n) is 9.93. The average Bonchev–Trinajstić information content (AvgIpc) is 2.92. The lowest BCUT2D eigenvalue weighted by atomic mass is 9.66. The minimum atomic E-state index is -0.459. The number of nitrogen functional groups attached to an aromatic ring is 1. The van der Waals surface area contributed by atoms with Crippen LogP contribution < -0.4 is 11.4 Å². The van der Waals surface area contributed by atoms with Gasteiger partial charge in [0, 0.05) is 17.7 Å². The number of hydrogen-bond donors (Lipinski definition) is 1. The number of aryl methyl sites for hydroxylation is 1. The maximum Gasteiger partial charge on any atom is 0.351 e. The molecule has 4 atom stereocenters. The van der Waals surface area contributed by atoms with Crippen LogP contribution in [0.3, 0.4) is 0 Å². The smallest absolute Gasteiger partial charge is 0.351 e. The molecule has 2 fully saturated rings. The van der Waals surface area contributed by atoms with Gasteiger partial charge >= 0.3 is 5.69 Å². The van der Waals surface area contributed by atoms with Gasteiger partial charge in [0.15, 0.2) is 6.23 Å². The van der Waals surface area contributed by atoms with Gasteiger partial charge < -0.3 is 15.2 Å². The molecule has 0 spiro atoms. The Morgan fingerprint density at radius 3 is 2.52 bits per heavy atom. The Morgan fingerprint density at radius 2 is 1.96 bits per heavy atom. The summed E-state index contributed by atoms with van der Waals surface area (Å²) in [6.07, 6.45) is 2.00. The van der Waals surface area contributed by atoms with Crippen LogP contribution in [0.4, 0.5) is 5.82 Å². The lowest BCUT2D eigenvalue weighted by Crippen LogP contribution is -2.45. The average molecular weight is 349 g/mol. The van der Waals surface area contributed by atoms with E-state index in [4.69, 9.17) is 15.2 Å². The number of aromatic nitrogens is 2. The second-order valence-corrected chi connectivity index (χ2v) is 9.93. The van der Waals surface area contributed by atoms with Crippen molar-refractivity contribution in [1.82, 2.24) is 9.55 Å². The van der Waals surface area contributed by atoms with E-state index in [1.165, 1.54) is 0 Å². The molecule has 1 unspecified atom stereocenters. The minimum absolute atomic E-state index is 0.00105. The molecule has 25 heavy (non-hydrogen) atoms. The topological polar surface area (TPSA) is 79.4 Å². The molecule has 1 aromatic rings. The first kappa shape index (κ1) is 18.4. The van der Waals surface area contributed by atoms with Crippen LogP contribution in [0.2, 0.25) is 0 Å². The Hall–Kier alpha value is -1.40. The van der Waals surface area contributed by atoms with Crippen LogP contribution >= 0.6 is 0 Å². The maximum absolute atomic E-state index is 12.4. The van der Waals surface area contributed by atoms with E-state index in [-0.39, 0.29) is 40.0 Å². The minimum Gasteiger partial charge on any atom is -0.383 e. The number of ether oxygens (including phenoxy) is 2. The van der Waals surface area contributed by atoms with Crippen molar-refractivity contribution < 1.29 is 9.47 Å². The summed E-state index contributed by atoms with van der Waals surface area (Å²) >= 11 is 0. The van der Waals surface area contributed by atoms with Gasteiger partial charge in [-0.2, -0.15) is 4.98 Å². The van der Waals surface area contributed by atoms with Crippen LogP contribution in [-0.4, -0.2) is 27.9 Å². The van der Waals surface area contributed by atoms with Crippen LogP contribution in [0.1, 0.15) is 59.8 Å². The van der Waals surface area contributed by atoms with Gasteiger partial charge in [-0.15, -0.1) is 0 Å². The standard InChI is InChI=1S/C19H31N3O3/c1-11-8-22(16(23)21-14(11)20)15-12-13(18(5,6)7)19(25-15,10-24-12)9-17(2,3)4/h8,12-13,15H,9-10H2,1-7H3,(H2,20,21,23)/t12-,13?,15+,19-/m0/s1. The second kappa shape index (κ2) is 5.55. The number of nitrogens with two attached hydrogens (primary N) is 1. The molecule has 2 N–H and O–H groups in total. The van der Waals surface area contributed by atoms with Gasteiger partial charge in [0.1, 0.15) is 17.5 Å². The van der Waals surface area contributed by atoms with E-state index in [1.54, 1.807) is 10.8 Å².